The number of aryl methyl sites for hydroxylation is 1. The third-order valence-electron chi connectivity index (χ3n) is 3.97. The maximum Gasteiger partial charge on any atom is 0.129 e. The number of rotatable bonds is 3. The summed E-state index contributed by atoms with van der Waals surface area (Å²) in [5, 5.41) is 10.7. The van der Waals surface area contributed by atoms with Crippen LogP contribution in [0.4, 0.5) is 5.82 Å². The molecule has 3 N–H and O–H groups in total. The van der Waals surface area contributed by atoms with Crippen molar-refractivity contribution in [3.63, 3.8) is 0 Å². The third kappa shape index (κ3) is 2.35. The summed E-state index contributed by atoms with van der Waals surface area (Å²) in [5.74, 6) is 0.431. The fourth-order valence-corrected chi connectivity index (χ4v) is 2.67. The highest BCUT2D eigenvalue weighted by Crippen LogP contribution is 2.35. The number of nitrogen functional groups attached to an aromatic ring is 1. The molecule has 1 aliphatic heterocycles. The standard InChI is InChI=1S/C14H23N3O/c1-10-8-11(13(15)16-9-10)12(18)14(2,3)17-6-4-5-7-17/h8-9,12,18H,4-7H2,1-3H3,(H2,15,16). The first-order valence-electron chi connectivity index (χ1n) is 6.58. The highest BCUT2D eigenvalue weighted by Gasteiger charge is 2.37. The summed E-state index contributed by atoms with van der Waals surface area (Å²) in [6, 6.07) is 1.94. The van der Waals surface area contributed by atoms with Gasteiger partial charge >= 0.3 is 0 Å². The van der Waals surface area contributed by atoms with Gasteiger partial charge in [-0.3, -0.25) is 4.90 Å². The summed E-state index contributed by atoms with van der Waals surface area (Å²) in [5.41, 5.74) is 7.36. The topological polar surface area (TPSA) is 62.4 Å². The van der Waals surface area contributed by atoms with Gasteiger partial charge in [0.2, 0.25) is 0 Å². The molecule has 0 radical (unpaired) electrons. The molecule has 1 saturated heterocycles. The maximum absolute atomic E-state index is 10.7. The Morgan fingerprint density at radius 2 is 2.00 bits per heavy atom. The Bertz CT molecular complexity index is 425. The lowest BCUT2D eigenvalue weighted by atomic mass is 9.89. The molecule has 1 fully saturated rings. The molecule has 4 nitrogen and oxygen atoms in total. The van der Waals surface area contributed by atoms with E-state index in [1.165, 1.54) is 12.8 Å². The first-order chi connectivity index (χ1) is 8.43. The second kappa shape index (κ2) is 4.86. The summed E-state index contributed by atoms with van der Waals surface area (Å²) in [7, 11) is 0. The quantitative estimate of drug-likeness (QED) is 0.858. The highest BCUT2D eigenvalue weighted by atomic mass is 16.3. The van der Waals surface area contributed by atoms with E-state index in [2.05, 4.69) is 23.7 Å². The van der Waals surface area contributed by atoms with Gasteiger partial charge in [-0.15, -0.1) is 0 Å². The molecular formula is C14H23N3O. The van der Waals surface area contributed by atoms with Gasteiger partial charge in [0.1, 0.15) is 11.9 Å². The van der Waals surface area contributed by atoms with Crippen molar-refractivity contribution < 1.29 is 5.11 Å². The van der Waals surface area contributed by atoms with E-state index in [1.54, 1.807) is 6.20 Å². The summed E-state index contributed by atoms with van der Waals surface area (Å²) >= 11 is 0. The van der Waals surface area contributed by atoms with E-state index in [0.29, 0.717) is 5.82 Å². The van der Waals surface area contributed by atoms with Crippen LogP contribution >= 0.6 is 0 Å². The van der Waals surface area contributed by atoms with Crippen LogP contribution in [0.15, 0.2) is 12.3 Å². The molecule has 18 heavy (non-hydrogen) atoms. The molecule has 0 aliphatic carbocycles. The lowest BCUT2D eigenvalue weighted by Gasteiger charge is -2.39. The Balaban J connectivity index is 2.28. The summed E-state index contributed by atoms with van der Waals surface area (Å²) in [6.07, 6.45) is 3.53. The Labute approximate surface area is 109 Å². The first-order valence-corrected chi connectivity index (χ1v) is 6.58. The van der Waals surface area contributed by atoms with Crippen molar-refractivity contribution in [2.75, 3.05) is 18.8 Å². The van der Waals surface area contributed by atoms with Gasteiger partial charge in [0.25, 0.3) is 0 Å². The molecule has 1 aliphatic rings. The molecule has 100 valence electrons. The van der Waals surface area contributed by atoms with Crippen LogP contribution in [0, 0.1) is 6.92 Å². The van der Waals surface area contributed by atoms with Crippen molar-refractivity contribution in [3.05, 3.63) is 23.4 Å². The zero-order valence-electron chi connectivity index (χ0n) is 11.5. The number of pyridine rings is 1. The highest BCUT2D eigenvalue weighted by molar-refractivity contribution is 5.43. The van der Waals surface area contributed by atoms with E-state index in [4.69, 9.17) is 5.73 Å². The third-order valence-corrected chi connectivity index (χ3v) is 3.97. The molecule has 2 rings (SSSR count). The molecule has 1 aromatic heterocycles. The molecule has 1 aromatic rings. The summed E-state index contributed by atoms with van der Waals surface area (Å²) in [4.78, 5) is 6.47. The zero-order valence-corrected chi connectivity index (χ0v) is 11.5. The SMILES string of the molecule is Cc1cnc(N)c(C(O)C(C)(C)N2CCCC2)c1. The van der Waals surface area contributed by atoms with Crippen LogP contribution in [0.3, 0.4) is 0 Å². The van der Waals surface area contributed by atoms with E-state index in [-0.39, 0.29) is 5.54 Å². The van der Waals surface area contributed by atoms with Crippen molar-refractivity contribution in [2.45, 2.75) is 45.3 Å². The number of nitrogens with two attached hydrogens (primary N) is 1. The Morgan fingerprint density at radius 3 is 2.61 bits per heavy atom. The molecule has 2 heterocycles. The maximum atomic E-state index is 10.7. The summed E-state index contributed by atoms with van der Waals surface area (Å²) in [6.45, 7) is 8.20. The van der Waals surface area contributed by atoms with Gasteiger partial charge in [-0.05, 0) is 58.3 Å². The van der Waals surface area contributed by atoms with Crippen molar-refractivity contribution in [2.24, 2.45) is 0 Å². The van der Waals surface area contributed by atoms with Crippen LogP contribution in [0.5, 0.6) is 0 Å². The number of hydrogen-bond acceptors (Lipinski definition) is 4. The molecule has 1 unspecified atom stereocenters. The van der Waals surface area contributed by atoms with E-state index in [1.807, 2.05) is 13.0 Å². The Kier molecular flexibility index (Phi) is 3.59. The molecule has 0 amide bonds. The normalized spacial score (nSPS) is 19.1. The van der Waals surface area contributed by atoms with Gasteiger partial charge < -0.3 is 10.8 Å². The van der Waals surface area contributed by atoms with Crippen molar-refractivity contribution >= 4 is 5.82 Å². The predicted octanol–water partition coefficient (Wildman–Crippen LogP) is 1.88. The second-order valence-corrected chi connectivity index (χ2v) is 5.74. The summed E-state index contributed by atoms with van der Waals surface area (Å²) < 4.78 is 0. The van der Waals surface area contributed by atoms with E-state index >= 15 is 0 Å². The molecule has 4 heteroatoms. The van der Waals surface area contributed by atoms with E-state index in [9.17, 15) is 5.11 Å². The number of hydrogen-bond donors (Lipinski definition) is 2. The molecule has 0 bridgehead atoms. The van der Waals surface area contributed by atoms with Gasteiger partial charge in [-0.25, -0.2) is 4.98 Å². The Hall–Kier alpha value is -1.13. The number of anilines is 1. The first kappa shape index (κ1) is 13.3. The van der Waals surface area contributed by atoms with Crippen LogP contribution in [-0.4, -0.2) is 33.6 Å². The fraction of sp³-hybridized carbons (Fsp3) is 0.643. The fourth-order valence-electron chi connectivity index (χ4n) is 2.67. The van der Waals surface area contributed by atoms with Gasteiger partial charge in [0, 0.05) is 17.3 Å². The Morgan fingerprint density at radius 1 is 1.39 bits per heavy atom. The van der Waals surface area contributed by atoms with Crippen LogP contribution in [0.2, 0.25) is 0 Å². The lowest BCUT2D eigenvalue weighted by molar-refractivity contribution is 0.00158. The number of aliphatic hydroxyl groups is 1. The zero-order chi connectivity index (χ0) is 13.3. The molecule has 0 saturated carbocycles. The van der Waals surface area contributed by atoms with Crippen LogP contribution in [0.25, 0.3) is 0 Å². The van der Waals surface area contributed by atoms with E-state index < -0.39 is 6.10 Å². The molecule has 0 spiro atoms. The lowest BCUT2D eigenvalue weighted by Crippen LogP contribution is -2.47. The van der Waals surface area contributed by atoms with Crippen LogP contribution in [0.1, 0.15) is 43.9 Å². The van der Waals surface area contributed by atoms with Gasteiger partial charge in [-0.2, -0.15) is 0 Å². The number of aliphatic hydroxyl groups excluding tert-OH is 1. The van der Waals surface area contributed by atoms with Gasteiger partial charge in [0.05, 0.1) is 0 Å². The second-order valence-electron chi connectivity index (χ2n) is 5.74. The molecule has 1 atom stereocenters. The van der Waals surface area contributed by atoms with Crippen molar-refractivity contribution in [1.29, 1.82) is 0 Å². The minimum Gasteiger partial charge on any atom is -0.386 e. The van der Waals surface area contributed by atoms with E-state index in [0.717, 1.165) is 24.2 Å². The minimum atomic E-state index is -0.608. The van der Waals surface area contributed by atoms with Crippen LogP contribution < -0.4 is 5.73 Å². The smallest absolute Gasteiger partial charge is 0.129 e. The average molecular weight is 249 g/mol. The number of nitrogens with zero attached hydrogens (tertiary/aromatic N) is 2. The molecule has 0 aromatic carbocycles. The largest absolute Gasteiger partial charge is 0.386 e. The average Bonchev–Trinajstić information content (AvgIpc) is 2.85. The number of aromatic nitrogens is 1. The number of likely N-dealkylation sites (tertiary alicyclic amines) is 1. The van der Waals surface area contributed by atoms with Crippen LogP contribution in [-0.2, 0) is 0 Å². The van der Waals surface area contributed by atoms with Gasteiger partial charge in [-0.1, -0.05) is 0 Å². The minimum absolute atomic E-state index is 0.305. The molecular weight excluding hydrogens is 226 g/mol. The monoisotopic (exact) mass is 249 g/mol. The van der Waals surface area contributed by atoms with Crippen molar-refractivity contribution in [3.8, 4) is 0 Å². The van der Waals surface area contributed by atoms with Crippen molar-refractivity contribution in [1.82, 2.24) is 9.88 Å². The van der Waals surface area contributed by atoms with Gasteiger partial charge in [0.15, 0.2) is 0 Å². The predicted molar refractivity (Wildman–Crippen MR) is 73.2 cm³/mol.